The highest BCUT2D eigenvalue weighted by Crippen LogP contribution is 2.17. The van der Waals surface area contributed by atoms with Crippen LogP contribution in [-0.2, 0) is 14.8 Å². The number of piperidine rings is 1. The fourth-order valence-electron chi connectivity index (χ4n) is 1.88. The van der Waals surface area contributed by atoms with Gasteiger partial charge in [-0.25, -0.2) is 12.7 Å². The van der Waals surface area contributed by atoms with Crippen molar-refractivity contribution in [3.05, 3.63) is 0 Å². The number of aliphatic hydroxyl groups is 1. The van der Waals surface area contributed by atoms with Crippen LogP contribution in [0.1, 0.15) is 26.2 Å². The molecule has 0 bridgehead atoms. The summed E-state index contributed by atoms with van der Waals surface area (Å²) in [5.74, 6) is 0.231. The Hall–Kier alpha value is -0.170. The van der Waals surface area contributed by atoms with E-state index in [0.717, 1.165) is 12.8 Å². The highest BCUT2D eigenvalue weighted by Gasteiger charge is 2.27. The summed E-state index contributed by atoms with van der Waals surface area (Å²) in [6, 6.07) is 0. The molecule has 0 spiro atoms. The van der Waals surface area contributed by atoms with Gasteiger partial charge in [-0.3, -0.25) is 0 Å². The van der Waals surface area contributed by atoms with E-state index in [0.29, 0.717) is 26.1 Å². The van der Waals surface area contributed by atoms with Crippen LogP contribution in [0.25, 0.3) is 0 Å². The van der Waals surface area contributed by atoms with E-state index in [1.165, 1.54) is 0 Å². The number of nitrogens with zero attached hydrogens (tertiary/aromatic N) is 1. The van der Waals surface area contributed by atoms with Gasteiger partial charge in [-0.05, 0) is 19.3 Å². The van der Waals surface area contributed by atoms with E-state index in [4.69, 9.17) is 9.84 Å². The quantitative estimate of drug-likeness (QED) is 0.732. The van der Waals surface area contributed by atoms with Crippen molar-refractivity contribution in [2.24, 2.45) is 0 Å². The Labute approximate surface area is 97.4 Å². The lowest BCUT2D eigenvalue weighted by atomic mass is 10.1. The molecule has 5 nitrogen and oxygen atoms in total. The molecule has 0 aromatic heterocycles. The number of hydrogen-bond acceptors (Lipinski definition) is 4. The Morgan fingerprint density at radius 3 is 2.50 bits per heavy atom. The second-order valence-corrected chi connectivity index (χ2v) is 6.10. The lowest BCUT2D eigenvalue weighted by Crippen LogP contribution is -2.42. The zero-order valence-corrected chi connectivity index (χ0v) is 10.6. The number of ether oxygens (including phenoxy) is 1. The number of sulfonamides is 1. The van der Waals surface area contributed by atoms with Gasteiger partial charge in [-0.15, -0.1) is 0 Å². The molecule has 1 fully saturated rings. The van der Waals surface area contributed by atoms with Gasteiger partial charge in [-0.2, -0.15) is 0 Å². The molecule has 0 amide bonds. The van der Waals surface area contributed by atoms with Crippen molar-refractivity contribution in [2.75, 3.05) is 32.1 Å². The van der Waals surface area contributed by atoms with E-state index >= 15 is 0 Å². The SMILES string of the molecule is CCCS(=O)(=O)N1CCC(OCCO)CC1. The molecule has 1 heterocycles. The average molecular weight is 251 g/mol. The van der Waals surface area contributed by atoms with Gasteiger partial charge in [-0.1, -0.05) is 6.92 Å². The molecule has 0 radical (unpaired) electrons. The van der Waals surface area contributed by atoms with Crippen LogP contribution in [-0.4, -0.2) is 56.0 Å². The van der Waals surface area contributed by atoms with Crippen molar-refractivity contribution in [3.8, 4) is 0 Å². The highest BCUT2D eigenvalue weighted by molar-refractivity contribution is 7.89. The Morgan fingerprint density at radius 2 is 2.00 bits per heavy atom. The monoisotopic (exact) mass is 251 g/mol. The first-order valence-electron chi connectivity index (χ1n) is 5.80. The van der Waals surface area contributed by atoms with Crippen LogP contribution in [0, 0.1) is 0 Å². The maximum absolute atomic E-state index is 11.8. The van der Waals surface area contributed by atoms with Gasteiger partial charge in [0.25, 0.3) is 0 Å². The zero-order valence-electron chi connectivity index (χ0n) is 9.76. The minimum absolute atomic E-state index is 0.0222. The van der Waals surface area contributed by atoms with E-state index < -0.39 is 10.0 Å². The van der Waals surface area contributed by atoms with Crippen LogP contribution in [0.5, 0.6) is 0 Å². The van der Waals surface area contributed by atoms with Crippen LogP contribution >= 0.6 is 0 Å². The Kier molecular flexibility index (Phi) is 5.68. The summed E-state index contributed by atoms with van der Waals surface area (Å²) in [4.78, 5) is 0. The highest BCUT2D eigenvalue weighted by atomic mass is 32.2. The third-order valence-electron chi connectivity index (χ3n) is 2.70. The molecule has 96 valence electrons. The Bertz CT molecular complexity index is 283. The van der Waals surface area contributed by atoms with E-state index in [1.807, 2.05) is 6.92 Å². The van der Waals surface area contributed by atoms with Crippen LogP contribution in [0.4, 0.5) is 0 Å². The number of hydrogen-bond donors (Lipinski definition) is 1. The maximum Gasteiger partial charge on any atom is 0.214 e. The molecule has 1 rings (SSSR count). The Morgan fingerprint density at radius 1 is 1.38 bits per heavy atom. The lowest BCUT2D eigenvalue weighted by molar-refractivity contribution is 0.00319. The number of rotatable bonds is 6. The minimum atomic E-state index is -3.05. The van der Waals surface area contributed by atoms with Crippen LogP contribution in [0.3, 0.4) is 0 Å². The molecule has 6 heteroatoms. The van der Waals surface area contributed by atoms with Gasteiger partial charge in [0.15, 0.2) is 0 Å². The van der Waals surface area contributed by atoms with Crippen molar-refractivity contribution in [2.45, 2.75) is 32.3 Å². The predicted octanol–water partition coefficient (Wildman–Crippen LogP) is 0.200. The Balaban J connectivity index is 2.37. The van der Waals surface area contributed by atoms with Gasteiger partial charge < -0.3 is 9.84 Å². The van der Waals surface area contributed by atoms with Crippen molar-refractivity contribution in [1.29, 1.82) is 0 Å². The second kappa shape index (κ2) is 6.54. The first-order valence-corrected chi connectivity index (χ1v) is 7.41. The van der Waals surface area contributed by atoms with Crippen molar-refractivity contribution in [3.63, 3.8) is 0 Å². The molecule has 0 saturated carbocycles. The molecular formula is C10H21NO4S. The normalized spacial score (nSPS) is 20.1. The lowest BCUT2D eigenvalue weighted by Gasteiger charge is -2.30. The predicted molar refractivity (Wildman–Crippen MR) is 61.7 cm³/mol. The molecule has 0 aromatic carbocycles. The zero-order chi connectivity index (χ0) is 12.0. The van der Waals surface area contributed by atoms with Gasteiger partial charge in [0.2, 0.25) is 10.0 Å². The van der Waals surface area contributed by atoms with E-state index in [-0.39, 0.29) is 18.5 Å². The molecule has 0 aromatic rings. The average Bonchev–Trinajstić information content (AvgIpc) is 2.27. The smallest absolute Gasteiger partial charge is 0.214 e. The topological polar surface area (TPSA) is 66.8 Å². The second-order valence-electron chi connectivity index (χ2n) is 4.01. The molecular weight excluding hydrogens is 230 g/mol. The summed E-state index contributed by atoms with van der Waals surface area (Å²) in [7, 11) is -3.05. The third kappa shape index (κ3) is 4.01. The van der Waals surface area contributed by atoms with Crippen LogP contribution in [0.2, 0.25) is 0 Å². The van der Waals surface area contributed by atoms with Crippen molar-refractivity contribution >= 4 is 10.0 Å². The molecule has 0 unspecified atom stereocenters. The fraction of sp³-hybridized carbons (Fsp3) is 1.00. The summed E-state index contributed by atoms with van der Waals surface area (Å²) in [6.45, 7) is 3.31. The number of aliphatic hydroxyl groups excluding tert-OH is 1. The molecule has 1 aliphatic rings. The van der Waals surface area contributed by atoms with Gasteiger partial charge in [0, 0.05) is 13.1 Å². The van der Waals surface area contributed by atoms with E-state index in [1.54, 1.807) is 4.31 Å². The summed E-state index contributed by atoms with van der Waals surface area (Å²) >= 11 is 0. The van der Waals surface area contributed by atoms with Gasteiger partial charge in [0.1, 0.15) is 0 Å². The molecule has 1 saturated heterocycles. The first-order chi connectivity index (χ1) is 7.60. The molecule has 1 aliphatic heterocycles. The molecule has 1 N–H and O–H groups in total. The first kappa shape index (κ1) is 13.9. The van der Waals surface area contributed by atoms with Crippen molar-refractivity contribution in [1.82, 2.24) is 4.31 Å². The van der Waals surface area contributed by atoms with Gasteiger partial charge >= 0.3 is 0 Å². The van der Waals surface area contributed by atoms with Crippen LogP contribution in [0.15, 0.2) is 0 Å². The summed E-state index contributed by atoms with van der Waals surface area (Å²) in [6.07, 6.45) is 2.20. The molecule has 0 atom stereocenters. The molecule has 16 heavy (non-hydrogen) atoms. The largest absolute Gasteiger partial charge is 0.394 e. The van der Waals surface area contributed by atoms with Crippen LogP contribution < -0.4 is 0 Å². The summed E-state index contributed by atoms with van der Waals surface area (Å²) in [5, 5.41) is 8.62. The van der Waals surface area contributed by atoms with E-state index in [9.17, 15) is 8.42 Å². The summed E-state index contributed by atoms with van der Waals surface area (Å²) in [5.41, 5.74) is 0. The third-order valence-corrected chi connectivity index (χ3v) is 4.78. The van der Waals surface area contributed by atoms with Gasteiger partial charge in [0.05, 0.1) is 25.1 Å². The molecule has 0 aliphatic carbocycles. The summed E-state index contributed by atoms with van der Waals surface area (Å²) < 4.78 is 30.4. The van der Waals surface area contributed by atoms with Crippen molar-refractivity contribution < 1.29 is 18.3 Å². The standard InChI is InChI=1S/C10H21NO4S/c1-2-9-16(13,14)11-5-3-10(4-6-11)15-8-7-12/h10,12H,2-9H2,1H3. The fourth-order valence-corrected chi connectivity index (χ4v) is 3.42. The minimum Gasteiger partial charge on any atom is -0.394 e. The maximum atomic E-state index is 11.8. The van der Waals surface area contributed by atoms with E-state index in [2.05, 4.69) is 0 Å².